The van der Waals surface area contributed by atoms with Crippen LogP contribution in [0.1, 0.15) is 5.89 Å². The van der Waals surface area contributed by atoms with Crippen LogP contribution in [0.2, 0.25) is 0 Å². The monoisotopic (exact) mass is 210 g/mol. The SMILES string of the molecule is Cc1ncc(N2CCN(C(N)=O)CC2)o1. The molecule has 1 aliphatic heterocycles. The maximum Gasteiger partial charge on any atom is 0.314 e. The molecule has 0 saturated carbocycles. The molecule has 1 aliphatic rings. The van der Waals surface area contributed by atoms with E-state index in [1.165, 1.54) is 0 Å². The predicted octanol–water partition coefficient (Wildman–Crippen LogP) is 0.184. The fourth-order valence-electron chi connectivity index (χ4n) is 1.64. The van der Waals surface area contributed by atoms with Gasteiger partial charge < -0.3 is 20.0 Å². The number of hydrogen-bond acceptors (Lipinski definition) is 4. The molecule has 0 radical (unpaired) electrons. The van der Waals surface area contributed by atoms with Gasteiger partial charge in [-0.15, -0.1) is 0 Å². The minimum absolute atomic E-state index is 0.358. The molecule has 1 aromatic rings. The number of primary amides is 1. The lowest BCUT2D eigenvalue weighted by molar-refractivity contribution is 0.203. The molecule has 1 saturated heterocycles. The van der Waals surface area contributed by atoms with E-state index in [0.29, 0.717) is 19.0 Å². The first-order chi connectivity index (χ1) is 7.16. The van der Waals surface area contributed by atoms with E-state index in [1.807, 2.05) is 6.92 Å². The standard InChI is InChI=1S/C9H14N4O2/c1-7-11-6-8(15-7)12-2-4-13(5-3-12)9(10)14/h6H,2-5H2,1H3,(H2,10,14). The number of carbonyl (C=O) groups is 1. The largest absolute Gasteiger partial charge is 0.425 e. The van der Waals surface area contributed by atoms with Crippen molar-refractivity contribution in [2.24, 2.45) is 5.73 Å². The maximum absolute atomic E-state index is 10.9. The minimum atomic E-state index is -0.358. The quantitative estimate of drug-likeness (QED) is 0.717. The van der Waals surface area contributed by atoms with E-state index < -0.39 is 0 Å². The Morgan fingerprint density at radius 2 is 2.13 bits per heavy atom. The van der Waals surface area contributed by atoms with E-state index in [9.17, 15) is 4.79 Å². The van der Waals surface area contributed by atoms with Crippen LogP contribution in [0.3, 0.4) is 0 Å². The lowest BCUT2D eigenvalue weighted by Gasteiger charge is -2.33. The lowest BCUT2D eigenvalue weighted by atomic mass is 10.3. The van der Waals surface area contributed by atoms with Gasteiger partial charge in [0.25, 0.3) is 0 Å². The molecule has 0 unspecified atom stereocenters. The van der Waals surface area contributed by atoms with Gasteiger partial charge in [-0.05, 0) is 0 Å². The van der Waals surface area contributed by atoms with E-state index in [4.69, 9.17) is 10.2 Å². The molecular formula is C9H14N4O2. The third-order valence-electron chi connectivity index (χ3n) is 2.51. The van der Waals surface area contributed by atoms with Crippen molar-refractivity contribution in [1.29, 1.82) is 0 Å². The third kappa shape index (κ3) is 2.03. The topological polar surface area (TPSA) is 75.6 Å². The van der Waals surface area contributed by atoms with Crippen molar-refractivity contribution in [1.82, 2.24) is 9.88 Å². The second-order valence-corrected chi connectivity index (χ2v) is 3.53. The summed E-state index contributed by atoms with van der Waals surface area (Å²) >= 11 is 0. The maximum atomic E-state index is 10.9. The van der Waals surface area contributed by atoms with Gasteiger partial charge in [0.1, 0.15) is 0 Å². The summed E-state index contributed by atoms with van der Waals surface area (Å²) < 4.78 is 5.40. The number of anilines is 1. The van der Waals surface area contributed by atoms with E-state index in [-0.39, 0.29) is 6.03 Å². The first kappa shape index (κ1) is 9.82. The van der Waals surface area contributed by atoms with Crippen molar-refractivity contribution in [3.8, 4) is 0 Å². The summed E-state index contributed by atoms with van der Waals surface area (Å²) in [6.45, 7) is 4.54. The molecule has 2 rings (SSSR count). The number of piperazine rings is 1. The molecule has 0 bridgehead atoms. The second kappa shape index (κ2) is 3.80. The predicted molar refractivity (Wildman–Crippen MR) is 54.6 cm³/mol. The normalized spacial score (nSPS) is 16.9. The van der Waals surface area contributed by atoms with Crippen LogP contribution in [0.25, 0.3) is 0 Å². The van der Waals surface area contributed by atoms with Crippen molar-refractivity contribution in [3.63, 3.8) is 0 Å². The number of amides is 2. The average molecular weight is 210 g/mol. The van der Waals surface area contributed by atoms with Crippen LogP contribution in [0, 0.1) is 6.92 Å². The summed E-state index contributed by atoms with van der Waals surface area (Å²) in [7, 11) is 0. The van der Waals surface area contributed by atoms with E-state index in [2.05, 4.69) is 9.88 Å². The number of hydrogen-bond donors (Lipinski definition) is 1. The summed E-state index contributed by atoms with van der Waals surface area (Å²) in [5.74, 6) is 1.42. The van der Waals surface area contributed by atoms with Crippen molar-refractivity contribution in [2.45, 2.75) is 6.92 Å². The van der Waals surface area contributed by atoms with Crippen molar-refractivity contribution < 1.29 is 9.21 Å². The van der Waals surface area contributed by atoms with Gasteiger partial charge in [0.15, 0.2) is 5.89 Å². The van der Waals surface area contributed by atoms with Gasteiger partial charge in [-0.25, -0.2) is 9.78 Å². The fraction of sp³-hybridized carbons (Fsp3) is 0.556. The highest BCUT2D eigenvalue weighted by molar-refractivity contribution is 5.72. The molecular weight excluding hydrogens is 196 g/mol. The Bertz CT molecular complexity index is 355. The molecule has 0 aliphatic carbocycles. The Morgan fingerprint density at radius 1 is 1.47 bits per heavy atom. The zero-order valence-electron chi connectivity index (χ0n) is 8.64. The second-order valence-electron chi connectivity index (χ2n) is 3.53. The number of aromatic nitrogens is 1. The molecule has 0 spiro atoms. The molecule has 2 heterocycles. The highest BCUT2D eigenvalue weighted by Gasteiger charge is 2.21. The number of oxazole rings is 1. The zero-order valence-corrected chi connectivity index (χ0v) is 8.64. The van der Waals surface area contributed by atoms with E-state index in [1.54, 1.807) is 11.1 Å². The van der Waals surface area contributed by atoms with Crippen molar-refractivity contribution >= 4 is 11.9 Å². The Labute approximate surface area is 87.7 Å². The number of urea groups is 1. The summed E-state index contributed by atoms with van der Waals surface area (Å²) in [5.41, 5.74) is 5.19. The fourth-order valence-corrected chi connectivity index (χ4v) is 1.64. The summed E-state index contributed by atoms with van der Waals surface area (Å²) in [6.07, 6.45) is 1.70. The molecule has 15 heavy (non-hydrogen) atoms. The molecule has 0 aromatic carbocycles. The molecule has 2 N–H and O–H groups in total. The van der Waals surface area contributed by atoms with Gasteiger partial charge in [-0.1, -0.05) is 0 Å². The molecule has 6 heteroatoms. The number of carbonyl (C=O) groups excluding carboxylic acids is 1. The summed E-state index contributed by atoms with van der Waals surface area (Å²) in [4.78, 5) is 18.6. The van der Waals surface area contributed by atoms with Gasteiger partial charge in [-0.2, -0.15) is 0 Å². The Balaban J connectivity index is 1.96. The molecule has 6 nitrogen and oxygen atoms in total. The highest BCUT2D eigenvalue weighted by Crippen LogP contribution is 2.16. The van der Waals surface area contributed by atoms with Crippen LogP contribution >= 0.6 is 0 Å². The van der Waals surface area contributed by atoms with Crippen molar-refractivity contribution in [3.05, 3.63) is 12.1 Å². The average Bonchev–Trinajstić information content (AvgIpc) is 2.65. The molecule has 82 valence electrons. The number of aryl methyl sites for hydroxylation is 1. The first-order valence-electron chi connectivity index (χ1n) is 4.88. The summed E-state index contributed by atoms with van der Waals surface area (Å²) in [5, 5.41) is 0. The van der Waals surface area contributed by atoms with Crippen LogP contribution in [-0.2, 0) is 0 Å². The Kier molecular flexibility index (Phi) is 2.49. The van der Waals surface area contributed by atoms with Crippen LogP contribution in [-0.4, -0.2) is 42.1 Å². The molecule has 2 amide bonds. The van der Waals surface area contributed by atoms with Gasteiger partial charge in [0.05, 0.1) is 6.20 Å². The van der Waals surface area contributed by atoms with Crippen LogP contribution < -0.4 is 10.6 Å². The Morgan fingerprint density at radius 3 is 2.60 bits per heavy atom. The molecule has 0 atom stereocenters. The summed E-state index contributed by atoms with van der Waals surface area (Å²) in [6, 6.07) is -0.358. The third-order valence-corrected chi connectivity index (χ3v) is 2.51. The van der Waals surface area contributed by atoms with Crippen molar-refractivity contribution in [2.75, 3.05) is 31.1 Å². The number of nitrogens with two attached hydrogens (primary N) is 1. The molecule has 1 fully saturated rings. The zero-order chi connectivity index (χ0) is 10.8. The Hall–Kier alpha value is -1.72. The smallest absolute Gasteiger partial charge is 0.314 e. The van der Waals surface area contributed by atoms with Crippen LogP contribution in [0.15, 0.2) is 10.6 Å². The van der Waals surface area contributed by atoms with Crippen LogP contribution in [0.5, 0.6) is 0 Å². The van der Waals surface area contributed by atoms with Gasteiger partial charge in [0, 0.05) is 33.1 Å². The molecule has 1 aromatic heterocycles. The number of rotatable bonds is 1. The van der Waals surface area contributed by atoms with Gasteiger partial charge in [-0.3, -0.25) is 0 Å². The first-order valence-corrected chi connectivity index (χ1v) is 4.88. The van der Waals surface area contributed by atoms with E-state index >= 15 is 0 Å². The van der Waals surface area contributed by atoms with E-state index in [0.717, 1.165) is 19.0 Å². The number of nitrogens with zero attached hydrogens (tertiary/aromatic N) is 3. The van der Waals surface area contributed by atoms with Gasteiger partial charge in [0.2, 0.25) is 5.88 Å². The lowest BCUT2D eigenvalue weighted by Crippen LogP contribution is -2.50. The van der Waals surface area contributed by atoms with Crippen LogP contribution in [0.4, 0.5) is 10.7 Å². The van der Waals surface area contributed by atoms with Gasteiger partial charge >= 0.3 is 6.03 Å². The minimum Gasteiger partial charge on any atom is -0.425 e. The highest BCUT2D eigenvalue weighted by atomic mass is 16.4.